The Morgan fingerprint density at radius 3 is 2.55 bits per heavy atom. The number of aryl methyl sites for hydroxylation is 1. The van der Waals surface area contributed by atoms with Gasteiger partial charge in [-0.1, -0.05) is 5.21 Å². The molecular weight excluding hydrogens is 450 g/mol. The summed E-state index contributed by atoms with van der Waals surface area (Å²) in [7, 11) is 1.58. The van der Waals surface area contributed by atoms with Crippen molar-refractivity contribution in [2.45, 2.75) is 55.9 Å². The number of thiophene rings is 1. The number of hydrogen-bond donors (Lipinski definition) is 1. The molecule has 0 amide bonds. The van der Waals surface area contributed by atoms with Crippen LogP contribution >= 0.6 is 11.3 Å². The first-order chi connectivity index (χ1) is 14.3. The number of halogens is 6. The van der Waals surface area contributed by atoms with Crippen molar-refractivity contribution in [2.75, 3.05) is 13.2 Å². The number of rotatable bonds is 2. The molecule has 1 fully saturated rings. The van der Waals surface area contributed by atoms with Crippen molar-refractivity contribution in [3.8, 4) is 0 Å². The summed E-state index contributed by atoms with van der Waals surface area (Å²) in [5, 5.41) is 18.0. The van der Waals surface area contributed by atoms with Crippen LogP contribution in [0.1, 0.15) is 52.9 Å². The molecule has 4 rings (SSSR count). The molecule has 6 nitrogen and oxygen atoms in total. The van der Waals surface area contributed by atoms with Crippen LogP contribution in [0.25, 0.3) is 0 Å². The van der Waals surface area contributed by atoms with Gasteiger partial charge in [0.1, 0.15) is 11.0 Å². The van der Waals surface area contributed by atoms with E-state index in [1.54, 1.807) is 14.0 Å². The van der Waals surface area contributed by atoms with Gasteiger partial charge in [0.25, 0.3) is 0 Å². The predicted molar refractivity (Wildman–Crippen MR) is 97.1 cm³/mol. The Kier molecular flexibility index (Phi) is 5.39. The molecule has 4 heterocycles. The lowest BCUT2D eigenvalue weighted by Gasteiger charge is -2.51. The Morgan fingerprint density at radius 1 is 1.26 bits per heavy atom. The van der Waals surface area contributed by atoms with E-state index in [2.05, 4.69) is 10.3 Å². The molecule has 31 heavy (non-hydrogen) atoms. The third-order valence-corrected chi connectivity index (χ3v) is 7.07. The molecule has 0 aromatic carbocycles. The van der Waals surface area contributed by atoms with Crippen molar-refractivity contribution in [2.24, 2.45) is 7.05 Å². The molecule has 0 aliphatic carbocycles. The molecule has 1 N–H and O–H groups in total. The molecule has 2 aromatic heterocycles. The second kappa shape index (κ2) is 7.42. The molecule has 2 aliphatic heterocycles. The van der Waals surface area contributed by atoms with Gasteiger partial charge in [0.05, 0.1) is 30.5 Å². The van der Waals surface area contributed by atoms with E-state index >= 15 is 0 Å². The highest BCUT2D eigenvalue weighted by atomic mass is 32.1. The molecule has 0 saturated carbocycles. The van der Waals surface area contributed by atoms with E-state index in [1.165, 1.54) is 15.8 Å². The Morgan fingerprint density at radius 2 is 1.97 bits per heavy atom. The van der Waals surface area contributed by atoms with Gasteiger partial charge in [-0.3, -0.25) is 9.58 Å². The van der Waals surface area contributed by atoms with E-state index in [4.69, 9.17) is 4.74 Å². The summed E-state index contributed by atoms with van der Waals surface area (Å²) < 4.78 is 87.2. The quantitative estimate of drug-likeness (QED) is 0.674. The topological polar surface area (TPSA) is 63.4 Å². The minimum Gasteiger partial charge on any atom is -0.385 e. The van der Waals surface area contributed by atoms with Crippen LogP contribution in [0.3, 0.4) is 0 Å². The Hall–Kier alpha value is -1.70. The number of hydrogen-bond acceptors (Lipinski definition) is 6. The standard InChI is InChI=1S/C18H20F6N4O2S/c1-9-4-16(10-3-14(18(22,23)24)31-15(10)13(29)7-30-16)5-12(11-6-27(2)26-25-11)28(9)8-17(19,20)21/h3,6,9,12-13,29H,4-5,7-8H2,1-2H3/t9-,12-,13+,16-/m0/s1. The second-order valence-electron chi connectivity index (χ2n) is 8.09. The van der Waals surface area contributed by atoms with Crippen LogP contribution in [-0.4, -0.2) is 50.4 Å². The second-order valence-corrected chi connectivity index (χ2v) is 9.17. The first kappa shape index (κ1) is 22.5. The number of alkyl halides is 6. The number of aromatic nitrogens is 3. The smallest absolute Gasteiger partial charge is 0.385 e. The van der Waals surface area contributed by atoms with Gasteiger partial charge in [0.15, 0.2) is 0 Å². The number of aliphatic hydroxyl groups excluding tert-OH is 1. The molecule has 4 atom stereocenters. The Bertz CT molecular complexity index is 958. The highest BCUT2D eigenvalue weighted by molar-refractivity contribution is 7.12. The van der Waals surface area contributed by atoms with E-state index in [0.717, 1.165) is 6.07 Å². The van der Waals surface area contributed by atoms with Gasteiger partial charge >= 0.3 is 12.4 Å². The van der Waals surface area contributed by atoms with Crippen molar-refractivity contribution in [1.29, 1.82) is 0 Å². The summed E-state index contributed by atoms with van der Waals surface area (Å²) in [4.78, 5) is 0.510. The summed E-state index contributed by atoms with van der Waals surface area (Å²) in [5.74, 6) is 0. The largest absolute Gasteiger partial charge is 0.425 e. The van der Waals surface area contributed by atoms with Crippen LogP contribution < -0.4 is 0 Å². The summed E-state index contributed by atoms with van der Waals surface area (Å²) in [6.07, 6.45) is -8.80. The first-order valence-corrected chi connectivity index (χ1v) is 10.3. The molecule has 2 aromatic rings. The van der Waals surface area contributed by atoms with Gasteiger partial charge in [-0.2, -0.15) is 26.3 Å². The maximum Gasteiger partial charge on any atom is 0.425 e. The highest BCUT2D eigenvalue weighted by Gasteiger charge is 2.53. The molecule has 0 radical (unpaired) electrons. The summed E-state index contributed by atoms with van der Waals surface area (Å²) >= 11 is 0.450. The maximum atomic E-state index is 13.4. The van der Waals surface area contributed by atoms with Gasteiger partial charge < -0.3 is 9.84 Å². The van der Waals surface area contributed by atoms with E-state index in [9.17, 15) is 31.4 Å². The summed E-state index contributed by atoms with van der Waals surface area (Å²) in [6, 6.07) is -0.599. The summed E-state index contributed by atoms with van der Waals surface area (Å²) in [5.41, 5.74) is -0.797. The lowest BCUT2D eigenvalue weighted by atomic mass is 9.75. The minimum absolute atomic E-state index is 0.0418. The molecule has 0 unspecified atom stereocenters. The minimum atomic E-state index is -4.60. The molecule has 172 valence electrons. The zero-order chi connectivity index (χ0) is 22.8. The average Bonchev–Trinajstić information content (AvgIpc) is 3.27. The van der Waals surface area contributed by atoms with Gasteiger partial charge in [-0.25, -0.2) is 0 Å². The van der Waals surface area contributed by atoms with Crippen molar-refractivity contribution < 1.29 is 36.2 Å². The average molecular weight is 470 g/mol. The van der Waals surface area contributed by atoms with Crippen molar-refractivity contribution in [3.63, 3.8) is 0 Å². The molecular formula is C18H20F6N4O2S. The lowest BCUT2D eigenvalue weighted by Crippen LogP contribution is -2.54. The lowest BCUT2D eigenvalue weighted by molar-refractivity contribution is -0.192. The molecule has 2 aliphatic rings. The fourth-order valence-corrected chi connectivity index (χ4v) is 5.65. The number of ether oxygens (including phenoxy) is 1. The SMILES string of the molecule is C[C@H]1C[C@@]2(C[C@@H](c3cn(C)nn3)N1CC(F)(F)F)OC[C@@H](O)c1sc(C(F)(F)F)cc12. The number of piperidine rings is 1. The van der Waals surface area contributed by atoms with Crippen molar-refractivity contribution in [3.05, 3.63) is 33.3 Å². The monoisotopic (exact) mass is 470 g/mol. The van der Waals surface area contributed by atoms with Crippen molar-refractivity contribution in [1.82, 2.24) is 19.9 Å². The van der Waals surface area contributed by atoms with Gasteiger partial charge in [0.2, 0.25) is 0 Å². The molecule has 13 heteroatoms. The Balaban J connectivity index is 1.79. The number of fused-ring (bicyclic) bond motifs is 2. The van der Waals surface area contributed by atoms with Crippen LogP contribution in [0.15, 0.2) is 12.3 Å². The predicted octanol–water partition coefficient (Wildman–Crippen LogP) is 3.94. The van der Waals surface area contributed by atoms with Crippen LogP contribution in [-0.2, 0) is 23.6 Å². The van der Waals surface area contributed by atoms with E-state index in [-0.39, 0.29) is 35.6 Å². The van der Waals surface area contributed by atoms with E-state index < -0.39 is 47.6 Å². The zero-order valence-corrected chi connectivity index (χ0v) is 17.4. The van der Waals surface area contributed by atoms with Gasteiger partial charge in [-0.15, -0.1) is 16.4 Å². The van der Waals surface area contributed by atoms with E-state index in [1.807, 2.05) is 0 Å². The maximum absolute atomic E-state index is 13.4. The van der Waals surface area contributed by atoms with E-state index in [0.29, 0.717) is 11.3 Å². The fraction of sp³-hybridized carbons (Fsp3) is 0.667. The van der Waals surface area contributed by atoms with Crippen LogP contribution in [0, 0.1) is 0 Å². The third kappa shape index (κ3) is 4.20. The number of likely N-dealkylation sites (tertiary alicyclic amines) is 1. The highest BCUT2D eigenvalue weighted by Crippen LogP contribution is 2.54. The van der Waals surface area contributed by atoms with Gasteiger partial charge in [0, 0.05) is 36.1 Å². The first-order valence-electron chi connectivity index (χ1n) is 9.51. The van der Waals surface area contributed by atoms with Crippen molar-refractivity contribution >= 4 is 11.3 Å². The van der Waals surface area contributed by atoms with Crippen LogP contribution in [0.2, 0.25) is 0 Å². The van der Waals surface area contributed by atoms with Gasteiger partial charge in [-0.05, 0) is 19.4 Å². The third-order valence-electron chi connectivity index (χ3n) is 5.79. The normalized spacial score (nSPS) is 30.0. The number of aliphatic hydroxyl groups is 1. The van der Waals surface area contributed by atoms with Crippen LogP contribution in [0.4, 0.5) is 26.3 Å². The zero-order valence-electron chi connectivity index (χ0n) is 16.5. The number of nitrogens with zero attached hydrogens (tertiary/aromatic N) is 4. The molecule has 1 saturated heterocycles. The molecule has 1 spiro atoms. The Labute approximate surface area is 177 Å². The summed E-state index contributed by atoms with van der Waals surface area (Å²) in [6.45, 7) is 0.156. The van der Waals surface area contributed by atoms with Crippen LogP contribution in [0.5, 0.6) is 0 Å². The molecule has 0 bridgehead atoms. The fourth-order valence-electron chi connectivity index (χ4n) is 4.56.